The van der Waals surface area contributed by atoms with Gasteiger partial charge in [-0.15, -0.1) is 22.7 Å². The van der Waals surface area contributed by atoms with E-state index in [0.717, 1.165) is 22.1 Å². The van der Waals surface area contributed by atoms with Crippen LogP contribution in [0.25, 0.3) is 9.88 Å². The Labute approximate surface area is 140 Å². The smallest absolute Gasteiger partial charge is 0.226 e. The van der Waals surface area contributed by atoms with Gasteiger partial charge in [0.25, 0.3) is 0 Å². The summed E-state index contributed by atoms with van der Waals surface area (Å²) >= 11 is 3.26. The minimum atomic E-state index is 0.0369. The molecule has 0 aliphatic heterocycles. The SMILES string of the molecule is CN(C)CC(C)(C)CNC(=O)Cc1csc(-c2cccs2)n1. The van der Waals surface area contributed by atoms with E-state index in [1.165, 1.54) is 0 Å². The van der Waals surface area contributed by atoms with Crippen molar-refractivity contribution in [2.75, 3.05) is 27.2 Å². The molecule has 2 heterocycles. The molecule has 2 aromatic rings. The summed E-state index contributed by atoms with van der Waals surface area (Å²) in [6.45, 7) is 5.93. The van der Waals surface area contributed by atoms with E-state index >= 15 is 0 Å². The molecule has 1 amide bonds. The predicted octanol–water partition coefficient (Wildman–Crippen LogP) is 3.12. The first-order valence-corrected chi connectivity index (χ1v) is 9.01. The van der Waals surface area contributed by atoms with Gasteiger partial charge in [-0.25, -0.2) is 4.98 Å². The van der Waals surface area contributed by atoms with Crippen LogP contribution in [0.1, 0.15) is 19.5 Å². The third-order valence-corrected chi connectivity index (χ3v) is 5.06. The van der Waals surface area contributed by atoms with Gasteiger partial charge in [0.15, 0.2) is 0 Å². The lowest BCUT2D eigenvalue weighted by Crippen LogP contribution is -2.40. The minimum Gasteiger partial charge on any atom is -0.355 e. The van der Waals surface area contributed by atoms with Crippen LogP contribution in [-0.2, 0) is 11.2 Å². The maximum Gasteiger partial charge on any atom is 0.226 e. The van der Waals surface area contributed by atoms with E-state index in [2.05, 4.69) is 35.1 Å². The number of hydrogen-bond donors (Lipinski definition) is 1. The lowest BCUT2D eigenvalue weighted by molar-refractivity contribution is -0.120. The van der Waals surface area contributed by atoms with Crippen LogP contribution in [-0.4, -0.2) is 43.0 Å². The molecular formula is C16H23N3OS2. The van der Waals surface area contributed by atoms with Crippen molar-refractivity contribution in [1.82, 2.24) is 15.2 Å². The molecule has 2 rings (SSSR count). The summed E-state index contributed by atoms with van der Waals surface area (Å²) in [6, 6.07) is 4.07. The molecule has 0 spiro atoms. The van der Waals surface area contributed by atoms with Crippen molar-refractivity contribution in [1.29, 1.82) is 0 Å². The molecule has 0 radical (unpaired) electrons. The Morgan fingerprint density at radius 1 is 1.36 bits per heavy atom. The standard InChI is InChI=1S/C16H23N3OS2/c1-16(2,11-19(3)4)10-17-14(20)8-12-9-22-15(18-12)13-6-5-7-21-13/h5-7,9H,8,10-11H2,1-4H3,(H,17,20). The average molecular weight is 338 g/mol. The number of carbonyl (C=O) groups is 1. The molecule has 0 bridgehead atoms. The second-order valence-corrected chi connectivity index (χ2v) is 8.28. The Kier molecular flexibility index (Phi) is 5.72. The summed E-state index contributed by atoms with van der Waals surface area (Å²) < 4.78 is 0. The summed E-state index contributed by atoms with van der Waals surface area (Å²) in [5.41, 5.74) is 0.903. The molecule has 6 heteroatoms. The van der Waals surface area contributed by atoms with Crippen LogP contribution in [0.5, 0.6) is 0 Å². The number of rotatable bonds is 7. The molecule has 1 N–H and O–H groups in total. The van der Waals surface area contributed by atoms with Crippen molar-refractivity contribution >= 4 is 28.6 Å². The van der Waals surface area contributed by atoms with E-state index in [-0.39, 0.29) is 11.3 Å². The van der Waals surface area contributed by atoms with Gasteiger partial charge in [-0.05, 0) is 31.0 Å². The van der Waals surface area contributed by atoms with Gasteiger partial charge in [-0.3, -0.25) is 4.79 Å². The first kappa shape index (κ1) is 17.1. The molecule has 4 nitrogen and oxygen atoms in total. The molecule has 2 aromatic heterocycles. The molecule has 0 fully saturated rings. The summed E-state index contributed by atoms with van der Waals surface area (Å²) in [4.78, 5) is 19.9. The van der Waals surface area contributed by atoms with E-state index < -0.39 is 0 Å². The number of thiophene rings is 1. The van der Waals surface area contributed by atoms with Gasteiger partial charge in [0.2, 0.25) is 5.91 Å². The number of carbonyl (C=O) groups excluding carboxylic acids is 1. The van der Waals surface area contributed by atoms with Crippen LogP contribution in [0.4, 0.5) is 0 Å². The molecule has 22 heavy (non-hydrogen) atoms. The van der Waals surface area contributed by atoms with E-state index in [1.807, 2.05) is 30.9 Å². The Bertz CT molecular complexity index is 603. The van der Waals surface area contributed by atoms with Crippen molar-refractivity contribution in [3.05, 3.63) is 28.6 Å². The van der Waals surface area contributed by atoms with Gasteiger partial charge < -0.3 is 10.2 Å². The first-order valence-electron chi connectivity index (χ1n) is 7.25. The fraction of sp³-hybridized carbons (Fsp3) is 0.500. The lowest BCUT2D eigenvalue weighted by Gasteiger charge is -2.28. The van der Waals surface area contributed by atoms with Crippen molar-refractivity contribution in [3.63, 3.8) is 0 Å². The van der Waals surface area contributed by atoms with E-state index in [9.17, 15) is 4.79 Å². The Morgan fingerprint density at radius 3 is 2.77 bits per heavy atom. The summed E-state index contributed by atoms with van der Waals surface area (Å²) in [7, 11) is 4.09. The van der Waals surface area contributed by atoms with E-state index in [4.69, 9.17) is 0 Å². The highest BCUT2D eigenvalue weighted by Crippen LogP contribution is 2.27. The van der Waals surface area contributed by atoms with Gasteiger partial charge in [0.05, 0.1) is 17.0 Å². The molecule has 0 saturated heterocycles. The van der Waals surface area contributed by atoms with Crippen molar-refractivity contribution in [3.8, 4) is 9.88 Å². The maximum absolute atomic E-state index is 12.1. The van der Waals surface area contributed by atoms with Gasteiger partial charge >= 0.3 is 0 Å². The molecule has 0 saturated carbocycles. The van der Waals surface area contributed by atoms with Gasteiger partial charge in [-0.1, -0.05) is 19.9 Å². The van der Waals surface area contributed by atoms with Crippen LogP contribution >= 0.6 is 22.7 Å². The zero-order valence-corrected chi connectivity index (χ0v) is 15.2. The van der Waals surface area contributed by atoms with Crippen molar-refractivity contribution in [2.24, 2.45) is 5.41 Å². The van der Waals surface area contributed by atoms with Crippen LogP contribution in [0.15, 0.2) is 22.9 Å². The van der Waals surface area contributed by atoms with E-state index in [1.54, 1.807) is 22.7 Å². The molecule has 0 atom stereocenters. The van der Waals surface area contributed by atoms with Crippen molar-refractivity contribution in [2.45, 2.75) is 20.3 Å². The number of thiazole rings is 1. The topological polar surface area (TPSA) is 45.2 Å². The van der Waals surface area contributed by atoms with Gasteiger partial charge in [0.1, 0.15) is 5.01 Å². The highest BCUT2D eigenvalue weighted by molar-refractivity contribution is 7.20. The van der Waals surface area contributed by atoms with Crippen LogP contribution in [0, 0.1) is 5.41 Å². The highest BCUT2D eigenvalue weighted by Gasteiger charge is 2.20. The van der Waals surface area contributed by atoms with Crippen LogP contribution < -0.4 is 5.32 Å². The zero-order chi connectivity index (χ0) is 16.2. The fourth-order valence-electron chi connectivity index (χ4n) is 2.38. The molecular weight excluding hydrogens is 314 g/mol. The number of amides is 1. The Morgan fingerprint density at radius 2 is 2.14 bits per heavy atom. The normalized spacial score (nSPS) is 11.9. The second kappa shape index (κ2) is 7.35. The zero-order valence-electron chi connectivity index (χ0n) is 13.5. The number of aromatic nitrogens is 1. The van der Waals surface area contributed by atoms with Crippen LogP contribution in [0.2, 0.25) is 0 Å². The first-order chi connectivity index (χ1) is 10.4. The second-order valence-electron chi connectivity index (χ2n) is 6.48. The quantitative estimate of drug-likeness (QED) is 0.844. The predicted molar refractivity (Wildman–Crippen MR) is 94.5 cm³/mol. The molecule has 0 aliphatic carbocycles. The van der Waals surface area contributed by atoms with Crippen LogP contribution in [0.3, 0.4) is 0 Å². The molecule has 120 valence electrons. The average Bonchev–Trinajstić information content (AvgIpc) is 3.05. The third kappa shape index (κ3) is 5.19. The largest absolute Gasteiger partial charge is 0.355 e. The molecule has 0 aliphatic rings. The van der Waals surface area contributed by atoms with Crippen molar-refractivity contribution < 1.29 is 4.79 Å². The molecule has 0 unspecified atom stereocenters. The lowest BCUT2D eigenvalue weighted by atomic mass is 9.93. The summed E-state index contributed by atoms with van der Waals surface area (Å²) in [5, 5.41) is 8.02. The Balaban J connectivity index is 1.85. The third-order valence-electron chi connectivity index (χ3n) is 3.13. The summed E-state index contributed by atoms with van der Waals surface area (Å²) in [6.07, 6.45) is 0.347. The van der Waals surface area contributed by atoms with Gasteiger partial charge in [-0.2, -0.15) is 0 Å². The monoisotopic (exact) mass is 337 g/mol. The summed E-state index contributed by atoms with van der Waals surface area (Å²) in [5.74, 6) is 0.0369. The van der Waals surface area contributed by atoms with E-state index in [0.29, 0.717) is 13.0 Å². The molecule has 0 aromatic carbocycles. The fourth-order valence-corrected chi connectivity index (χ4v) is 4.01. The maximum atomic E-state index is 12.1. The van der Waals surface area contributed by atoms with Gasteiger partial charge in [0, 0.05) is 18.5 Å². The number of nitrogens with zero attached hydrogens (tertiary/aromatic N) is 2. The number of nitrogens with one attached hydrogen (secondary N) is 1. The Hall–Kier alpha value is -1.24. The highest BCUT2D eigenvalue weighted by atomic mass is 32.1. The minimum absolute atomic E-state index is 0.0369. The number of hydrogen-bond acceptors (Lipinski definition) is 5.